The van der Waals surface area contributed by atoms with E-state index in [1.54, 1.807) is 0 Å². The van der Waals surface area contributed by atoms with Crippen LogP contribution >= 0.6 is 22.6 Å². The van der Waals surface area contributed by atoms with Crippen LogP contribution in [0.3, 0.4) is 0 Å². The third-order valence-corrected chi connectivity index (χ3v) is 2.84. The molecule has 1 rings (SSSR count). The minimum atomic E-state index is 0.0110. The third kappa shape index (κ3) is 6.14. The molecule has 0 saturated heterocycles. The summed E-state index contributed by atoms with van der Waals surface area (Å²) in [7, 11) is 0. The highest BCUT2D eigenvalue weighted by atomic mass is 127. The Morgan fingerprint density at radius 3 is 2.41 bits per heavy atom. The zero-order valence-electron chi connectivity index (χ0n) is 9.95. The molecule has 94 valence electrons. The Bertz CT molecular complexity index is 335. The smallest absolute Gasteiger partial charge is 0.188 e. The molecular formula is C13H17IO3. The summed E-state index contributed by atoms with van der Waals surface area (Å²) in [5, 5.41) is 0. The van der Waals surface area contributed by atoms with E-state index in [2.05, 4.69) is 29.5 Å². The molecule has 17 heavy (non-hydrogen) atoms. The fourth-order valence-electron chi connectivity index (χ4n) is 1.25. The van der Waals surface area contributed by atoms with E-state index >= 15 is 0 Å². The van der Waals surface area contributed by atoms with E-state index in [4.69, 9.17) is 9.47 Å². The van der Waals surface area contributed by atoms with Crippen LogP contribution in [0.5, 0.6) is 0 Å². The predicted octanol–water partition coefficient (Wildman–Crippen LogP) is 2.92. The van der Waals surface area contributed by atoms with Gasteiger partial charge in [-0.15, -0.1) is 0 Å². The molecule has 0 fully saturated rings. The molecule has 4 heteroatoms. The Labute approximate surface area is 116 Å². The van der Waals surface area contributed by atoms with Crippen LogP contribution in [0.2, 0.25) is 0 Å². The maximum absolute atomic E-state index is 11.7. The van der Waals surface area contributed by atoms with E-state index in [1.807, 2.05) is 24.3 Å². The highest BCUT2D eigenvalue weighted by Crippen LogP contribution is 2.07. The van der Waals surface area contributed by atoms with E-state index in [1.165, 1.54) is 0 Å². The minimum absolute atomic E-state index is 0.0110. The van der Waals surface area contributed by atoms with Crippen LogP contribution in [0.25, 0.3) is 0 Å². The van der Waals surface area contributed by atoms with E-state index in [0.717, 1.165) is 16.6 Å². The SMILES string of the molecule is CCCOCCOCC(=O)c1ccc(I)cc1. The van der Waals surface area contributed by atoms with Gasteiger partial charge in [-0.3, -0.25) is 4.79 Å². The maximum atomic E-state index is 11.7. The standard InChI is InChI=1S/C13H17IO3/c1-2-7-16-8-9-17-10-13(15)11-3-5-12(14)6-4-11/h3-6H,2,7-10H2,1H3. The lowest BCUT2D eigenvalue weighted by Gasteiger charge is -2.04. The molecule has 0 aromatic heterocycles. The van der Waals surface area contributed by atoms with Gasteiger partial charge in [-0.05, 0) is 41.1 Å². The monoisotopic (exact) mass is 348 g/mol. The Morgan fingerprint density at radius 1 is 1.12 bits per heavy atom. The number of carbonyl (C=O) groups excluding carboxylic acids is 1. The van der Waals surface area contributed by atoms with Gasteiger partial charge in [0.2, 0.25) is 0 Å². The number of hydrogen-bond donors (Lipinski definition) is 0. The second-order valence-corrected chi connectivity index (χ2v) is 4.84. The molecule has 0 N–H and O–H groups in total. The third-order valence-electron chi connectivity index (χ3n) is 2.12. The molecule has 3 nitrogen and oxygen atoms in total. The van der Waals surface area contributed by atoms with Gasteiger partial charge in [0.05, 0.1) is 13.2 Å². The minimum Gasteiger partial charge on any atom is -0.379 e. The van der Waals surface area contributed by atoms with Crippen molar-refractivity contribution in [1.82, 2.24) is 0 Å². The summed E-state index contributed by atoms with van der Waals surface area (Å²) < 4.78 is 11.6. The van der Waals surface area contributed by atoms with Crippen LogP contribution in [-0.4, -0.2) is 32.2 Å². The predicted molar refractivity (Wildman–Crippen MR) is 75.4 cm³/mol. The number of benzene rings is 1. The topological polar surface area (TPSA) is 35.5 Å². The summed E-state index contributed by atoms with van der Waals surface area (Å²) in [6, 6.07) is 7.47. The number of ether oxygens (including phenoxy) is 2. The first-order valence-corrected chi connectivity index (χ1v) is 6.76. The van der Waals surface area contributed by atoms with Gasteiger partial charge in [-0.2, -0.15) is 0 Å². The van der Waals surface area contributed by atoms with Gasteiger partial charge in [0, 0.05) is 15.7 Å². The second-order valence-electron chi connectivity index (χ2n) is 3.60. The van der Waals surface area contributed by atoms with Crippen LogP contribution in [0.15, 0.2) is 24.3 Å². The number of rotatable bonds is 8. The maximum Gasteiger partial charge on any atom is 0.188 e. The van der Waals surface area contributed by atoms with E-state index in [0.29, 0.717) is 18.8 Å². The lowest BCUT2D eigenvalue weighted by Crippen LogP contribution is -2.12. The molecule has 0 amide bonds. The Kier molecular flexibility index (Phi) is 7.39. The summed E-state index contributed by atoms with van der Waals surface area (Å²) in [5.41, 5.74) is 0.694. The highest BCUT2D eigenvalue weighted by molar-refractivity contribution is 14.1. The number of halogens is 1. The van der Waals surface area contributed by atoms with Gasteiger partial charge in [-0.1, -0.05) is 19.1 Å². The van der Waals surface area contributed by atoms with Crippen molar-refractivity contribution in [2.75, 3.05) is 26.4 Å². The van der Waals surface area contributed by atoms with Gasteiger partial charge in [0.15, 0.2) is 5.78 Å². The lowest BCUT2D eigenvalue weighted by atomic mass is 10.1. The van der Waals surface area contributed by atoms with Gasteiger partial charge in [0.1, 0.15) is 6.61 Å². The molecular weight excluding hydrogens is 331 g/mol. The molecule has 1 aromatic rings. The normalized spacial score (nSPS) is 10.5. The fraction of sp³-hybridized carbons (Fsp3) is 0.462. The first-order valence-electron chi connectivity index (χ1n) is 5.68. The van der Waals surface area contributed by atoms with Crippen LogP contribution in [0.1, 0.15) is 23.7 Å². The summed E-state index contributed by atoms with van der Waals surface area (Å²) in [6.07, 6.45) is 1.00. The van der Waals surface area contributed by atoms with Gasteiger partial charge in [0.25, 0.3) is 0 Å². The van der Waals surface area contributed by atoms with E-state index in [-0.39, 0.29) is 12.4 Å². The molecule has 0 saturated carbocycles. The van der Waals surface area contributed by atoms with Crippen molar-refractivity contribution < 1.29 is 14.3 Å². The molecule has 0 heterocycles. The van der Waals surface area contributed by atoms with Crippen LogP contribution in [0, 0.1) is 3.57 Å². The summed E-state index contributed by atoms with van der Waals surface area (Å²) in [5.74, 6) is 0.0110. The van der Waals surface area contributed by atoms with Crippen molar-refractivity contribution in [1.29, 1.82) is 0 Å². The van der Waals surface area contributed by atoms with Gasteiger partial charge >= 0.3 is 0 Å². The molecule has 0 bridgehead atoms. The van der Waals surface area contributed by atoms with Crippen molar-refractivity contribution in [2.45, 2.75) is 13.3 Å². The van der Waals surface area contributed by atoms with Crippen LogP contribution in [-0.2, 0) is 9.47 Å². The highest BCUT2D eigenvalue weighted by Gasteiger charge is 2.05. The van der Waals surface area contributed by atoms with Crippen molar-refractivity contribution in [3.63, 3.8) is 0 Å². The second kappa shape index (κ2) is 8.60. The van der Waals surface area contributed by atoms with Gasteiger partial charge < -0.3 is 9.47 Å². The average molecular weight is 348 g/mol. The van der Waals surface area contributed by atoms with E-state index in [9.17, 15) is 4.79 Å². The Hall–Kier alpha value is -0.460. The molecule has 0 aliphatic heterocycles. The molecule has 0 aliphatic rings. The first kappa shape index (κ1) is 14.6. The fourth-order valence-corrected chi connectivity index (χ4v) is 1.61. The van der Waals surface area contributed by atoms with Crippen molar-refractivity contribution in [3.05, 3.63) is 33.4 Å². The quantitative estimate of drug-likeness (QED) is 0.412. The van der Waals surface area contributed by atoms with E-state index < -0.39 is 0 Å². The van der Waals surface area contributed by atoms with Crippen molar-refractivity contribution in [3.8, 4) is 0 Å². The summed E-state index contributed by atoms with van der Waals surface area (Å²) >= 11 is 2.21. The number of carbonyl (C=O) groups is 1. The van der Waals surface area contributed by atoms with Gasteiger partial charge in [-0.25, -0.2) is 0 Å². The lowest BCUT2D eigenvalue weighted by molar-refractivity contribution is 0.0441. The molecule has 0 unspecified atom stereocenters. The molecule has 0 atom stereocenters. The zero-order valence-corrected chi connectivity index (χ0v) is 12.1. The van der Waals surface area contributed by atoms with Crippen LogP contribution < -0.4 is 0 Å². The molecule has 0 aliphatic carbocycles. The largest absolute Gasteiger partial charge is 0.379 e. The first-order chi connectivity index (χ1) is 8.24. The number of Topliss-reactive ketones (excluding diaryl/α,β-unsaturated/α-hetero) is 1. The molecule has 0 radical (unpaired) electrons. The Balaban J connectivity index is 2.19. The molecule has 1 aromatic carbocycles. The molecule has 0 spiro atoms. The summed E-state index contributed by atoms with van der Waals surface area (Å²) in [6.45, 7) is 3.94. The summed E-state index contributed by atoms with van der Waals surface area (Å²) in [4.78, 5) is 11.7. The Morgan fingerprint density at radius 2 is 1.76 bits per heavy atom. The van der Waals surface area contributed by atoms with Crippen molar-refractivity contribution >= 4 is 28.4 Å². The average Bonchev–Trinajstić information content (AvgIpc) is 2.34. The number of ketones is 1. The number of hydrogen-bond acceptors (Lipinski definition) is 3. The van der Waals surface area contributed by atoms with Crippen molar-refractivity contribution in [2.24, 2.45) is 0 Å². The zero-order chi connectivity index (χ0) is 12.5. The van der Waals surface area contributed by atoms with Crippen LogP contribution in [0.4, 0.5) is 0 Å².